The number of carbonyl (C=O) groups is 1. The molecule has 1 saturated carbocycles. The molecule has 4 nitrogen and oxygen atoms in total. The maximum absolute atomic E-state index is 12.0. The van der Waals surface area contributed by atoms with Crippen LogP contribution in [0.1, 0.15) is 33.6 Å². The zero-order valence-corrected chi connectivity index (χ0v) is 11.5. The van der Waals surface area contributed by atoms with Crippen LogP contribution >= 0.6 is 0 Å². The number of rotatable bonds is 1. The van der Waals surface area contributed by atoms with Gasteiger partial charge in [0.25, 0.3) is 0 Å². The van der Waals surface area contributed by atoms with Crippen LogP contribution in [0.5, 0.6) is 0 Å². The van der Waals surface area contributed by atoms with Crippen molar-refractivity contribution in [2.24, 2.45) is 0 Å². The van der Waals surface area contributed by atoms with Crippen LogP contribution in [-0.2, 0) is 4.74 Å². The molecule has 2 aliphatic rings. The maximum Gasteiger partial charge on any atom is 0.410 e. The van der Waals surface area contributed by atoms with Crippen molar-refractivity contribution in [1.29, 1.82) is 0 Å². The summed E-state index contributed by atoms with van der Waals surface area (Å²) in [6.07, 6.45) is 7.81. The standard InChI is InChI=1S/C14H22N2O2/c1-5-11-10-15(13(17)18-14(2,3)4)8-9-16(11)12-6-7-12/h1,11-12H,6-10H2,2-4H3. The van der Waals surface area contributed by atoms with E-state index in [-0.39, 0.29) is 12.1 Å². The summed E-state index contributed by atoms with van der Waals surface area (Å²) in [5.41, 5.74) is -0.448. The van der Waals surface area contributed by atoms with Gasteiger partial charge in [-0.2, -0.15) is 0 Å². The van der Waals surface area contributed by atoms with Gasteiger partial charge in [-0.25, -0.2) is 4.79 Å². The smallest absolute Gasteiger partial charge is 0.410 e. The average molecular weight is 250 g/mol. The molecule has 2 rings (SSSR count). The van der Waals surface area contributed by atoms with Crippen LogP contribution < -0.4 is 0 Å². The summed E-state index contributed by atoms with van der Waals surface area (Å²) in [7, 11) is 0. The first-order chi connectivity index (χ1) is 8.40. The molecule has 1 amide bonds. The van der Waals surface area contributed by atoms with E-state index in [2.05, 4.69) is 10.8 Å². The van der Waals surface area contributed by atoms with Crippen LogP contribution in [0.15, 0.2) is 0 Å². The normalized spacial score (nSPS) is 25.7. The molecule has 1 saturated heterocycles. The van der Waals surface area contributed by atoms with Gasteiger partial charge in [0, 0.05) is 19.1 Å². The molecular weight excluding hydrogens is 228 g/mol. The number of hydrogen-bond donors (Lipinski definition) is 0. The zero-order valence-electron chi connectivity index (χ0n) is 11.5. The number of carbonyl (C=O) groups excluding carboxylic acids is 1. The van der Waals surface area contributed by atoms with E-state index in [1.54, 1.807) is 4.90 Å². The van der Waals surface area contributed by atoms with Crippen LogP contribution in [0.3, 0.4) is 0 Å². The molecular formula is C14H22N2O2. The second-order valence-corrected chi connectivity index (χ2v) is 6.08. The molecule has 0 N–H and O–H groups in total. The largest absolute Gasteiger partial charge is 0.444 e. The minimum absolute atomic E-state index is 0.0405. The minimum Gasteiger partial charge on any atom is -0.444 e. The molecule has 1 aliphatic heterocycles. The lowest BCUT2D eigenvalue weighted by Gasteiger charge is -2.39. The first kappa shape index (κ1) is 13.2. The number of nitrogens with zero attached hydrogens (tertiary/aromatic N) is 2. The molecule has 1 unspecified atom stereocenters. The Kier molecular flexibility index (Phi) is 3.54. The Labute approximate surface area is 109 Å². The van der Waals surface area contributed by atoms with E-state index in [1.807, 2.05) is 20.8 Å². The molecule has 0 radical (unpaired) electrons. The van der Waals surface area contributed by atoms with E-state index in [0.29, 0.717) is 19.1 Å². The quantitative estimate of drug-likeness (QED) is 0.664. The molecule has 100 valence electrons. The van der Waals surface area contributed by atoms with Crippen LogP contribution in [0.25, 0.3) is 0 Å². The lowest BCUT2D eigenvalue weighted by Crippen LogP contribution is -2.55. The first-order valence-electron chi connectivity index (χ1n) is 6.60. The highest BCUT2D eigenvalue weighted by Crippen LogP contribution is 2.30. The third-order valence-corrected chi connectivity index (χ3v) is 3.28. The predicted molar refractivity (Wildman–Crippen MR) is 70.2 cm³/mol. The summed E-state index contributed by atoms with van der Waals surface area (Å²) in [5.74, 6) is 2.80. The molecule has 1 aliphatic carbocycles. The summed E-state index contributed by atoms with van der Waals surface area (Å²) in [4.78, 5) is 16.1. The fourth-order valence-electron chi connectivity index (χ4n) is 2.28. The third kappa shape index (κ3) is 3.17. The number of terminal acetylenes is 1. The molecule has 4 heteroatoms. The fraction of sp³-hybridized carbons (Fsp3) is 0.786. The maximum atomic E-state index is 12.0. The average Bonchev–Trinajstić information content (AvgIpc) is 3.09. The minimum atomic E-state index is -0.448. The lowest BCUT2D eigenvalue weighted by molar-refractivity contribution is 0.00843. The summed E-state index contributed by atoms with van der Waals surface area (Å²) in [6.45, 7) is 7.79. The monoisotopic (exact) mass is 250 g/mol. The molecule has 0 aromatic carbocycles. The highest BCUT2D eigenvalue weighted by Gasteiger charge is 2.38. The van der Waals surface area contributed by atoms with Crippen molar-refractivity contribution in [1.82, 2.24) is 9.80 Å². The first-order valence-corrected chi connectivity index (χ1v) is 6.60. The van der Waals surface area contributed by atoms with Crippen molar-refractivity contribution < 1.29 is 9.53 Å². The fourth-order valence-corrected chi connectivity index (χ4v) is 2.28. The molecule has 1 atom stereocenters. The van der Waals surface area contributed by atoms with Crippen molar-refractivity contribution in [2.75, 3.05) is 19.6 Å². The van der Waals surface area contributed by atoms with Crippen molar-refractivity contribution in [3.05, 3.63) is 0 Å². The predicted octanol–water partition coefficient (Wildman–Crippen LogP) is 1.70. The van der Waals surface area contributed by atoms with Crippen molar-refractivity contribution in [2.45, 2.75) is 51.3 Å². The molecule has 1 heterocycles. The summed E-state index contributed by atoms with van der Waals surface area (Å²) in [5, 5.41) is 0. The van der Waals surface area contributed by atoms with E-state index in [9.17, 15) is 4.79 Å². The third-order valence-electron chi connectivity index (χ3n) is 3.28. The van der Waals surface area contributed by atoms with Crippen molar-refractivity contribution in [3.63, 3.8) is 0 Å². The Morgan fingerprint density at radius 1 is 1.33 bits per heavy atom. The number of amides is 1. The van der Waals surface area contributed by atoms with Gasteiger partial charge in [-0.15, -0.1) is 6.42 Å². The Hall–Kier alpha value is -1.21. The number of piperazine rings is 1. The Bertz CT molecular complexity index is 363. The van der Waals surface area contributed by atoms with Gasteiger partial charge >= 0.3 is 6.09 Å². The topological polar surface area (TPSA) is 32.8 Å². The van der Waals surface area contributed by atoms with Crippen LogP contribution in [0.2, 0.25) is 0 Å². The Balaban J connectivity index is 1.93. The van der Waals surface area contributed by atoms with Gasteiger partial charge in [0.05, 0.1) is 12.6 Å². The highest BCUT2D eigenvalue weighted by atomic mass is 16.6. The van der Waals surface area contributed by atoms with Gasteiger partial charge in [-0.05, 0) is 33.6 Å². The summed E-state index contributed by atoms with van der Waals surface area (Å²) in [6, 6.07) is 0.686. The molecule has 0 bridgehead atoms. The van der Waals surface area contributed by atoms with E-state index >= 15 is 0 Å². The Morgan fingerprint density at radius 2 is 2.00 bits per heavy atom. The van der Waals surface area contributed by atoms with Crippen LogP contribution in [0.4, 0.5) is 4.79 Å². The number of hydrogen-bond acceptors (Lipinski definition) is 3. The Morgan fingerprint density at radius 3 is 2.50 bits per heavy atom. The molecule has 0 aromatic heterocycles. The van der Waals surface area contributed by atoms with Gasteiger partial charge in [-0.1, -0.05) is 5.92 Å². The van der Waals surface area contributed by atoms with Gasteiger partial charge in [-0.3, -0.25) is 4.90 Å². The van der Waals surface area contributed by atoms with Gasteiger partial charge in [0.2, 0.25) is 0 Å². The van der Waals surface area contributed by atoms with E-state index in [0.717, 1.165) is 6.54 Å². The molecule has 0 spiro atoms. The number of ether oxygens (including phenoxy) is 1. The molecule has 18 heavy (non-hydrogen) atoms. The second-order valence-electron chi connectivity index (χ2n) is 6.08. The highest BCUT2D eigenvalue weighted by molar-refractivity contribution is 5.68. The SMILES string of the molecule is C#CC1CN(C(=O)OC(C)(C)C)CCN1C1CC1. The van der Waals surface area contributed by atoms with Crippen molar-refractivity contribution in [3.8, 4) is 12.3 Å². The van der Waals surface area contributed by atoms with Crippen molar-refractivity contribution >= 4 is 6.09 Å². The summed E-state index contributed by atoms with van der Waals surface area (Å²) < 4.78 is 5.38. The second kappa shape index (κ2) is 4.81. The summed E-state index contributed by atoms with van der Waals surface area (Å²) >= 11 is 0. The zero-order chi connectivity index (χ0) is 13.3. The van der Waals surface area contributed by atoms with Gasteiger partial charge in [0.1, 0.15) is 5.60 Å². The van der Waals surface area contributed by atoms with Crippen LogP contribution in [0, 0.1) is 12.3 Å². The van der Waals surface area contributed by atoms with E-state index in [4.69, 9.17) is 11.2 Å². The van der Waals surface area contributed by atoms with Gasteiger partial charge < -0.3 is 9.64 Å². The van der Waals surface area contributed by atoms with Crippen LogP contribution in [-0.4, -0.2) is 53.2 Å². The van der Waals surface area contributed by atoms with E-state index < -0.39 is 5.60 Å². The molecule has 2 fully saturated rings. The molecule has 0 aromatic rings. The van der Waals surface area contributed by atoms with Gasteiger partial charge in [0.15, 0.2) is 0 Å². The van der Waals surface area contributed by atoms with E-state index in [1.165, 1.54) is 12.8 Å². The lowest BCUT2D eigenvalue weighted by atomic mass is 10.1.